The van der Waals surface area contributed by atoms with Gasteiger partial charge in [0.1, 0.15) is 11.5 Å². The second-order valence-electron chi connectivity index (χ2n) is 3.29. The van der Waals surface area contributed by atoms with Gasteiger partial charge in [0.25, 0.3) is 0 Å². The molecule has 0 radical (unpaired) electrons. The summed E-state index contributed by atoms with van der Waals surface area (Å²) in [6, 6.07) is 19.5. The van der Waals surface area contributed by atoms with Gasteiger partial charge in [-0.15, -0.1) is 0 Å². The third-order valence-electron chi connectivity index (χ3n) is 1.96. The Hall–Kier alpha value is -0.283. The van der Waals surface area contributed by atoms with Crippen LogP contribution in [0.5, 0.6) is 11.5 Å². The minimum Gasteiger partial charge on any atom is -0.498 e. The Morgan fingerprint density at radius 1 is 0.647 bits per heavy atom. The first-order valence-corrected chi connectivity index (χ1v) is 13.1. The van der Waals surface area contributed by atoms with Gasteiger partial charge >= 0.3 is 3.55 Å². The Morgan fingerprint density at radius 2 is 1.00 bits per heavy atom. The quantitative estimate of drug-likeness (QED) is 0.375. The van der Waals surface area contributed by atoms with Crippen LogP contribution in [0.3, 0.4) is 0 Å². The topological polar surface area (TPSA) is 18.5 Å². The SMILES string of the molecule is I[Si](I)(Oc1ccccc1)Oc1ccccc1. The lowest BCUT2D eigenvalue weighted by Gasteiger charge is -2.20. The smallest absolute Gasteiger partial charge is 0.498 e. The monoisotopic (exact) mass is 468 g/mol. The van der Waals surface area contributed by atoms with E-state index in [9.17, 15) is 0 Å². The summed E-state index contributed by atoms with van der Waals surface area (Å²) >= 11 is 4.53. The highest BCUT2D eigenvalue weighted by molar-refractivity contribution is 14.3. The van der Waals surface area contributed by atoms with Crippen LogP contribution < -0.4 is 8.85 Å². The molecular weight excluding hydrogens is 458 g/mol. The zero-order chi connectivity index (χ0) is 12.1. The van der Waals surface area contributed by atoms with Crippen LogP contribution in [0.1, 0.15) is 0 Å². The van der Waals surface area contributed by atoms with Crippen LogP contribution in [-0.2, 0) is 0 Å². The Kier molecular flexibility index (Phi) is 4.68. The predicted molar refractivity (Wildman–Crippen MR) is 87.9 cm³/mol. The molecule has 0 aliphatic heterocycles. The minimum atomic E-state index is -2.24. The third kappa shape index (κ3) is 4.47. The summed E-state index contributed by atoms with van der Waals surface area (Å²) in [5.41, 5.74) is 0. The molecule has 0 amide bonds. The highest BCUT2D eigenvalue weighted by atomic mass is 127. The van der Waals surface area contributed by atoms with Gasteiger partial charge in [0.05, 0.1) is 0 Å². The summed E-state index contributed by atoms with van der Waals surface area (Å²) in [6.45, 7) is 0. The number of halogens is 2. The summed E-state index contributed by atoms with van der Waals surface area (Å²) in [6.07, 6.45) is 0. The molecule has 0 aliphatic carbocycles. The zero-order valence-corrected chi connectivity index (χ0v) is 14.2. The van der Waals surface area contributed by atoms with Crippen molar-refractivity contribution in [2.45, 2.75) is 0 Å². The average molecular weight is 468 g/mol. The van der Waals surface area contributed by atoms with Crippen LogP contribution in [0.4, 0.5) is 0 Å². The van der Waals surface area contributed by atoms with Crippen molar-refractivity contribution < 1.29 is 8.85 Å². The molecule has 0 fully saturated rings. The maximum Gasteiger partial charge on any atom is 0.599 e. The molecule has 2 rings (SSSR count). The molecule has 0 saturated heterocycles. The van der Waals surface area contributed by atoms with E-state index in [1.54, 1.807) is 0 Å². The lowest BCUT2D eigenvalue weighted by atomic mass is 10.3. The van der Waals surface area contributed by atoms with Crippen LogP contribution >= 0.6 is 43.6 Å². The molecular formula is C12H10I2O2Si. The molecule has 0 atom stereocenters. The van der Waals surface area contributed by atoms with Crippen molar-refractivity contribution in [1.82, 2.24) is 0 Å². The normalized spacial score (nSPS) is 10.9. The van der Waals surface area contributed by atoms with Crippen molar-refractivity contribution in [3.63, 3.8) is 0 Å². The maximum absolute atomic E-state index is 5.90. The molecule has 17 heavy (non-hydrogen) atoms. The summed E-state index contributed by atoms with van der Waals surface area (Å²) < 4.78 is 9.55. The number of hydrogen-bond donors (Lipinski definition) is 0. The van der Waals surface area contributed by atoms with E-state index < -0.39 is 3.55 Å². The molecule has 0 saturated carbocycles. The number of hydrogen-bond acceptors (Lipinski definition) is 2. The Labute approximate surface area is 127 Å². The molecule has 0 spiro atoms. The number of rotatable bonds is 4. The van der Waals surface area contributed by atoms with Crippen molar-refractivity contribution in [1.29, 1.82) is 0 Å². The standard InChI is InChI=1S/C12H10I2O2Si/c13-17(14,15-11-7-3-1-4-8-11)16-12-9-5-2-6-10-12/h1-10H. The Morgan fingerprint density at radius 3 is 1.35 bits per heavy atom. The van der Waals surface area contributed by atoms with Crippen LogP contribution in [0.15, 0.2) is 60.7 Å². The van der Waals surface area contributed by atoms with Gasteiger partial charge in [-0.3, -0.25) is 0 Å². The predicted octanol–water partition coefficient (Wildman–Crippen LogP) is 4.45. The van der Waals surface area contributed by atoms with Crippen LogP contribution in [0.2, 0.25) is 0 Å². The molecule has 0 unspecified atom stereocenters. The van der Waals surface area contributed by atoms with Gasteiger partial charge in [-0.25, -0.2) is 0 Å². The van der Waals surface area contributed by atoms with E-state index in [1.165, 1.54) is 0 Å². The van der Waals surface area contributed by atoms with Gasteiger partial charge in [0.15, 0.2) is 0 Å². The number of benzene rings is 2. The highest BCUT2D eigenvalue weighted by Gasteiger charge is 2.36. The minimum absolute atomic E-state index is 0.846. The van der Waals surface area contributed by atoms with Crippen LogP contribution in [0, 0.1) is 0 Å². The summed E-state index contributed by atoms with van der Waals surface area (Å²) in [5.74, 6) is 1.69. The molecule has 2 aromatic carbocycles. The van der Waals surface area contributed by atoms with Gasteiger partial charge in [0, 0.05) is 0 Å². The Balaban J connectivity index is 2.04. The van der Waals surface area contributed by atoms with E-state index >= 15 is 0 Å². The first-order chi connectivity index (χ1) is 8.16. The third-order valence-corrected chi connectivity index (χ3v) is 5.55. The van der Waals surface area contributed by atoms with Gasteiger partial charge in [0.2, 0.25) is 0 Å². The average Bonchev–Trinajstić information content (AvgIpc) is 2.30. The maximum atomic E-state index is 5.90. The molecule has 0 aromatic heterocycles. The highest BCUT2D eigenvalue weighted by Crippen LogP contribution is 2.29. The molecule has 0 heterocycles. The van der Waals surface area contributed by atoms with Crippen molar-refractivity contribution in [3.8, 4) is 11.5 Å². The van der Waals surface area contributed by atoms with Gasteiger partial charge in [-0.2, -0.15) is 0 Å². The van der Waals surface area contributed by atoms with Gasteiger partial charge < -0.3 is 8.85 Å². The van der Waals surface area contributed by atoms with Gasteiger partial charge in [-0.1, -0.05) is 36.4 Å². The first-order valence-electron chi connectivity index (χ1n) is 5.02. The Bertz CT molecular complexity index is 419. The van der Waals surface area contributed by atoms with E-state index in [0.717, 1.165) is 11.5 Å². The fraction of sp³-hybridized carbons (Fsp3) is 0. The summed E-state index contributed by atoms with van der Waals surface area (Å²) in [4.78, 5) is 0. The first kappa shape index (κ1) is 13.2. The van der Waals surface area contributed by atoms with Crippen molar-refractivity contribution >= 4 is 47.1 Å². The van der Waals surface area contributed by atoms with E-state index in [4.69, 9.17) is 8.85 Å². The van der Waals surface area contributed by atoms with Crippen LogP contribution in [-0.4, -0.2) is 3.55 Å². The van der Waals surface area contributed by atoms with Crippen LogP contribution in [0.25, 0.3) is 0 Å². The lowest BCUT2D eigenvalue weighted by Crippen LogP contribution is -2.34. The van der Waals surface area contributed by atoms with Gasteiger partial charge in [-0.05, 0) is 67.9 Å². The molecule has 2 nitrogen and oxygen atoms in total. The summed E-state index contributed by atoms with van der Waals surface area (Å²) in [7, 11) is 0. The molecule has 0 N–H and O–H groups in total. The van der Waals surface area contributed by atoms with Crippen molar-refractivity contribution in [2.24, 2.45) is 0 Å². The summed E-state index contributed by atoms with van der Waals surface area (Å²) in [5, 5.41) is 0. The molecule has 88 valence electrons. The van der Waals surface area contributed by atoms with E-state index in [-0.39, 0.29) is 0 Å². The molecule has 2 aromatic rings. The molecule has 0 bridgehead atoms. The zero-order valence-electron chi connectivity index (χ0n) is 8.85. The second kappa shape index (κ2) is 6.05. The lowest BCUT2D eigenvalue weighted by molar-refractivity contribution is 0.450. The van der Waals surface area contributed by atoms with Crippen molar-refractivity contribution in [3.05, 3.63) is 60.7 Å². The van der Waals surface area contributed by atoms with E-state index in [1.807, 2.05) is 60.7 Å². The second-order valence-corrected chi connectivity index (χ2v) is 19.3. The molecule has 5 heteroatoms. The van der Waals surface area contributed by atoms with E-state index in [2.05, 4.69) is 43.6 Å². The molecule has 0 aliphatic rings. The largest absolute Gasteiger partial charge is 0.599 e. The fourth-order valence-corrected chi connectivity index (χ4v) is 5.19. The number of para-hydroxylation sites is 2. The van der Waals surface area contributed by atoms with E-state index in [0.29, 0.717) is 0 Å². The fourth-order valence-electron chi connectivity index (χ4n) is 1.27. The van der Waals surface area contributed by atoms with Crippen molar-refractivity contribution in [2.75, 3.05) is 0 Å².